The summed E-state index contributed by atoms with van der Waals surface area (Å²) in [6.07, 6.45) is 2.12. The van der Waals surface area contributed by atoms with E-state index in [2.05, 4.69) is 5.16 Å². The average Bonchev–Trinajstić information content (AvgIpc) is 3.30. The summed E-state index contributed by atoms with van der Waals surface area (Å²) in [5.74, 6) is 0.559. The third kappa shape index (κ3) is 3.02. The van der Waals surface area contributed by atoms with E-state index in [1.54, 1.807) is 23.1 Å². The van der Waals surface area contributed by atoms with E-state index < -0.39 is 10.0 Å². The quantitative estimate of drug-likeness (QED) is 0.747. The molecule has 0 fully saturated rings. The number of hydrogen-bond acceptors (Lipinski definition) is 6. The van der Waals surface area contributed by atoms with Gasteiger partial charge in [-0.1, -0.05) is 11.2 Å². The molecule has 0 aliphatic carbocycles. The van der Waals surface area contributed by atoms with Crippen LogP contribution in [0.3, 0.4) is 0 Å². The van der Waals surface area contributed by atoms with Crippen LogP contribution in [0.15, 0.2) is 56.5 Å². The minimum absolute atomic E-state index is 0.0343. The van der Waals surface area contributed by atoms with E-state index in [-0.39, 0.29) is 23.0 Å². The molecule has 9 heteroatoms. The van der Waals surface area contributed by atoms with Crippen LogP contribution in [0.5, 0.6) is 0 Å². The fourth-order valence-electron chi connectivity index (χ4n) is 2.96. The molecule has 0 saturated heterocycles. The number of furan rings is 1. The molecule has 1 aromatic carbocycles. The predicted octanol–water partition coefficient (Wildman–Crippen LogP) is 1.78. The number of amides is 1. The number of carbonyl (C=O) groups excluding carboxylic acids is 1. The number of aromatic nitrogens is 1. The average molecular weight is 373 g/mol. The van der Waals surface area contributed by atoms with Crippen LogP contribution in [0.1, 0.15) is 21.6 Å². The molecule has 26 heavy (non-hydrogen) atoms. The fraction of sp³-hybridized carbons (Fsp3) is 0.176. The van der Waals surface area contributed by atoms with Crippen LogP contribution in [0.4, 0.5) is 0 Å². The largest absolute Gasteiger partial charge is 0.461 e. The first-order valence-corrected chi connectivity index (χ1v) is 9.41. The summed E-state index contributed by atoms with van der Waals surface area (Å²) in [6.45, 7) is 0.782. The SMILES string of the molecule is NS(=O)(=O)c1ccc2c(c1)CN(C(=O)c1cc(-c3ccco3)on1)CC2. The van der Waals surface area contributed by atoms with Crippen molar-refractivity contribution >= 4 is 15.9 Å². The maximum absolute atomic E-state index is 12.7. The van der Waals surface area contributed by atoms with Crippen LogP contribution in [0.25, 0.3) is 11.5 Å². The number of hydrogen-bond donors (Lipinski definition) is 1. The summed E-state index contributed by atoms with van der Waals surface area (Å²) in [5.41, 5.74) is 1.92. The van der Waals surface area contributed by atoms with Gasteiger partial charge in [0, 0.05) is 19.2 Å². The van der Waals surface area contributed by atoms with E-state index in [0.29, 0.717) is 24.5 Å². The summed E-state index contributed by atoms with van der Waals surface area (Å²) in [4.78, 5) is 14.3. The zero-order valence-corrected chi connectivity index (χ0v) is 14.4. The van der Waals surface area contributed by atoms with Gasteiger partial charge in [0.2, 0.25) is 15.8 Å². The molecule has 0 saturated carbocycles. The first kappa shape index (κ1) is 16.6. The van der Waals surface area contributed by atoms with Gasteiger partial charge in [-0.05, 0) is 41.8 Å². The van der Waals surface area contributed by atoms with Crippen LogP contribution >= 0.6 is 0 Å². The molecule has 8 nitrogen and oxygen atoms in total. The highest BCUT2D eigenvalue weighted by atomic mass is 32.2. The molecule has 4 rings (SSSR count). The molecule has 0 spiro atoms. The Kier molecular flexibility index (Phi) is 3.89. The molecule has 1 aliphatic rings. The molecular formula is C17H15N3O5S. The van der Waals surface area contributed by atoms with E-state index in [9.17, 15) is 13.2 Å². The minimum atomic E-state index is -3.79. The number of carbonyl (C=O) groups is 1. The van der Waals surface area contributed by atoms with Crippen molar-refractivity contribution in [3.63, 3.8) is 0 Å². The molecule has 134 valence electrons. The van der Waals surface area contributed by atoms with Crippen molar-refractivity contribution in [3.8, 4) is 11.5 Å². The summed E-state index contributed by atoms with van der Waals surface area (Å²) < 4.78 is 33.5. The number of rotatable bonds is 3. The minimum Gasteiger partial charge on any atom is -0.461 e. The van der Waals surface area contributed by atoms with Gasteiger partial charge >= 0.3 is 0 Å². The summed E-state index contributed by atoms with van der Waals surface area (Å²) in [7, 11) is -3.79. The molecular weight excluding hydrogens is 358 g/mol. The van der Waals surface area contributed by atoms with Gasteiger partial charge in [0.05, 0.1) is 11.2 Å². The zero-order valence-electron chi connectivity index (χ0n) is 13.6. The van der Waals surface area contributed by atoms with Crippen molar-refractivity contribution in [1.82, 2.24) is 10.1 Å². The van der Waals surface area contributed by atoms with Gasteiger partial charge in [0.1, 0.15) is 0 Å². The Bertz CT molecular complexity index is 1070. The molecule has 2 aromatic heterocycles. The fourth-order valence-corrected chi connectivity index (χ4v) is 3.52. The molecule has 3 aromatic rings. The Balaban J connectivity index is 1.57. The van der Waals surface area contributed by atoms with Gasteiger partial charge in [0.25, 0.3) is 5.91 Å². The first-order chi connectivity index (χ1) is 12.4. The Morgan fingerprint density at radius 1 is 1.15 bits per heavy atom. The standard InChI is InChI=1S/C17H15N3O5S/c18-26(22,23)13-4-3-11-5-6-20(10-12(11)8-13)17(21)14-9-16(25-19-14)15-2-1-7-24-15/h1-4,7-9H,5-6,10H2,(H2,18,22,23). The van der Waals surface area contributed by atoms with Crippen molar-refractivity contribution in [2.45, 2.75) is 17.9 Å². The molecule has 1 aliphatic heterocycles. The smallest absolute Gasteiger partial charge is 0.276 e. The second-order valence-corrected chi connectivity index (χ2v) is 7.57. The molecule has 0 unspecified atom stereocenters. The third-order valence-corrected chi connectivity index (χ3v) is 5.21. The van der Waals surface area contributed by atoms with Crippen molar-refractivity contribution in [3.05, 3.63) is 59.5 Å². The second kappa shape index (κ2) is 6.11. The lowest BCUT2D eigenvalue weighted by Gasteiger charge is -2.28. The second-order valence-electron chi connectivity index (χ2n) is 6.01. The van der Waals surface area contributed by atoms with Crippen LogP contribution in [0.2, 0.25) is 0 Å². The van der Waals surface area contributed by atoms with Crippen molar-refractivity contribution in [1.29, 1.82) is 0 Å². The Morgan fingerprint density at radius 2 is 2.00 bits per heavy atom. The monoisotopic (exact) mass is 373 g/mol. The first-order valence-electron chi connectivity index (χ1n) is 7.86. The highest BCUT2D eigenvalue weighted by Crippen LogP contribution is 2.25. The van der Waals surface area contributed by atoms with Gasteiger partial charge in [-0.3, -0.25) is 4.79 Å². The Hall–Kier alpha value is -2.91. The maximum Gasteiger partial charge on any atom is 0.276 e. The van der Waals surface area contributed by atoms with Crippen LogP contribution < -0.4 is 5.14 Å². The van der Waals surface area contributed by atoms with Crippen LogP contribution in [0, 0.1) is 0 Å². The van der Waals surface area contributed by atoms with E-state index in [4.69, 9.17) is 14.1 Å². The van der Waals surface area contributed by atoms with Gasteiger partial charge < -0.3 is 13.8 Å². The van der Waals surface area contributed by atoms with E-state index in [1.165, 1.54) is 24.5 Å². The van der Waals surface area contributed by atoms with E-state index >= 15 is 0 Å². The van der Waals surface area contributed by atoms with Gasteiger partial charge in [-0.25, -0.2) is 13.6 Å². The van der Waals surface area contributed by atoms with Crippen LogP contribution in [-0.2, 0) is 23.0 Å². The van der Waals surface area contributed by atoms with E-state index in [0.717, 1.165) is 11.1 Å². The van der Waals surface area contributed by atoms with Gasteiger partial charge in [0.15, 0.2) is 11.5 Å². The van der Waals surface area contributed by atoms with Crippen molar-refractivity contribution in [2.75, 3.05) is 6.54 Å². The highest BCUT2D eigenvalue weighted by molar-refractivity contribution is 7.89. The number of nitrogens with two attached hydrogens (primary N) is 1. The topological polar surface area (TPSA) is 120 Å². The molecule has 0 radical (unpaired) electrons. The lowest BCUT2D eigenvalue weighted by Crippen LogP contribution is -2.36. The zero-order chi connectivity index (χ0) is 18.3. The number of primary sulfonamides is 1. The van der Waals surface area contributed by atoms with E-state index in [1.807, 2.05) is 0 Å². The van der Waals surface area contributed by atoms with Crippen LogP contribution in [-0.4, -0.2) is 30.9 Å². The van der Waals surface area contributed by atoms with Crippen molar-refractivity contribution in [2.24, 2.45) is 5.14 Å². The molecule has 2 N–H and O–H groups in total. The molecule has 1 amide bonds. The van der Waals surface area contributed by atoms with Gasteiger partial charge in [-0.15, -0.1) is 0 Å². The number of sulfonamides is 1. The number of benzene rings is 1. The van der Waals surface area contributed by atoms with Gasteiger partial charge in [-0.2, -0.15) is 0 Å². The third-order valence-electron chi connectivity index (χ3n) is 4.30. The molecule has 0 bridgehead atoms. The normalized spacial score (nSPS) is 14.3. The summed E-state index contributed by atoms with van der Waals surface area (Å²) in [5, 5.41) is 9.00. The highest BCUT2D eigenvalue weighted by Gasteiger charge is 2.26. The Morgan fingerprint density at radius 3 is 2.73 bits per heavy atom. The number of nitrogens with zero attached hydrogens (tertiary/aromatic N) is 2. The predicted molar refractivity (Wildman–Crippen MR) is 90.5 cm³/mol. The lowest BCUT2D eigenvalue weighted by atomic mass is 9.99. The molecule has 3 heterocycles. The summed E-state index contributed by atoms with van der Waals surface area (Å²) in [6, 6.07) is 9.68. The Labute approximate surface area is 149 Å². The van der Waals surface area contributed by atoms with Crippen molar-refractivity contribution < 1.29 is 22.2 Å². The summed E-state index contributed by atoms with van der Waals surface area (Å²) >= 11 is 0. The number of fused-ring (bicyclic) bond motifs is 1. The lowest BCUT2D eigenvalue weighted by molar-refractivity contribution is 0.0724. The maximum atomic E-state index is 12.7. The molecule has 0 atom stereocenters.